The lowest BCUT2D eigenvalue weighted by molar-refractivity contribution is 0.546. The van der Waals surface area contributed by atoms with Crippen molar-refractivity contribution in [2.24, 2.45) is 0 Å². The van der Waals surface area contributed by atoms with Crippen LogP contribution in [0.2, 0.25) is 0 Å². The molecule has 0 amide bonds. The van der Waals surface area contributed by atoms with Gasteiger partial charge in [-0.2, -0.15) is 0 Å². The molecule has 0 aliphatic carbocycles. The van der Waals surface area contributed by atoms with Gasteiger partial charge < -0.3 is 0 Å². The summed E-state index contributed by atoms with van der Waals surface area (Å²) in [4.78, 5) is 0. The van der Waals surface area contributed by atoms with Crippen molar-refractivity contribution >= 4 is 41.1 Å². The Morgan fingerprint density at radius 1 is 0.442 bits per heavy atom. The Balaban J connectivity index is 2.12. The average Bonchev–Trinajstić information content (AvgIpc) is 3.50. The second-order valence-corrected chi connectivity index (χ2v) is 27.5. The van der Waals surface area contributed by atoms with Crippen LogP contribution in [0.4, 0.5) is 0 Å². The summed E-state index contributed by atoms with van der Waals surface area (Å²) in [6.07, 6.45) is 1.08. The standard InChI is InChI=1S/C49H68P2S/c1-44(2,3)33-27-35(46(7,8)9)40(36(28-33)47(10,11)12)42-50(31-32-23-20-19-21-24-32)43(51(42)39-25-22-26-52-39)41-37(48(13,14)15)29-34(45(4,5)6)30-38(41)49(16,17)18/h19-30H,31H2,1-18H3. The van der Waals surface area contributed by atoms with E-state index < -0.39 is 15.1 Å². The molecule has 4 aromatic rings. The monoisotopic (exact) mass is 750 g/mol. The molecule has 0 saturated heterocycles. The van der Waals surface area contributed by atoms with Crippen molar-refractivity contribution in [3.8, 4) is 0 Å². The lowest BCUT2D eigenvalue weighted by atomic mass is 9.72. The van der Waals surface area contributed by atoms with Gasteiger partial charge in [0.05, 0.1) is 0 Å². The quantitative estimate of drug-likeness (QED) is 0.178. The largest absolute Gasteiger partial charge is 0.143 e. The van der Waals surface area contributed by atoms with Gasteiger partial charge in [-0.05, 0) is 94.0 Å². The zero-order valence-electron chi connectivity index (χ0n) is 35.9. The molecule has 0 unspecified atom stereocenters. The van der Waals surface area contributed by atoms with Gasteiger partial charge in [-0.15, -0.1) is 18.5 Å². The van der Waals surface area contributed by atoms with Crippen LogP contribution >= 0.6 is 26.4 Å². The Hall–Kier alpha value is -2.17. The van der Waals surface area contributed by atoms with E-state index in [1.165, 1.54) is 38.9 Å². The van der Waals surface area contributed by atoms with E-state index >= 15 is 0 Å². The van der Waals surface area contributed by atoms with Gasteiger partial charge in [0.25, 0.3) is 0 Å². The van der Waals surface area contributed by atoms with E-state index in [2.05, 4.69) is 197 Å². The van der Waals surface area contributed by atoms with Crippen LogP contribution in [-0.4, -0.2) is 10.1 Å². The Kier molecular flexibility index (Phi) is 10.9. The minimum absolute atomic E-state index is 0.00888. The third-order valence-electron chi connectivity index (χ3n) is 10.5. The molecule has 1 aliphatic heterocycles. The topological polar surface area (TPSA) is 0 Å². The van der Waals surface area contributed by atoms with Crippen LogP contribution in [-0.2, 0) is 38.7 Å². The maximum absolute atomic E-state index is 2.60. The van der Waals surface area contributed by atoms with Gasteiger partial charge in [-0.1, -0.05) is 185 Å². The molecule has 1 aromatic heterocycles. The average molecular weight is 751 g/mol. The van der Waals surface area contributed by atoms with Crippen molar-refractivity contribution < 1.29 is 0 Å². The molecule has 52 heavy (non-hydrogen) atoms. The van der Waals surface area contributed by atoms with Crippen molar-refractivity contribution in [2.45, 2.75) is 163 Å². The summed E-state index contributed by atoms with van der Waals surface area (Å²) in [6.45, 7) is 43.7. The highest BCUT2D eigenvalue weighted by atomic mass is 32.1. The SMILES string of the molecule is CC(C)(C)c1cc(C(C)(C)C)c(C2=P(Cc3ccccc3)=C(c3c(C(C)(C)C)cc(C(C)(C)C)cc3C(C)(C)C)P2c2cccs2)c(C(C)(C)C)c1. The molecule has 0 fully saturated rings. The normalized spacial score (nSPS) is 17.1. The molecule has 2 heterocycles. The van der Waals surface area contributed by atoms with Crippen molar-refractivity contribution in [2.75, 3.05) is 0 Å². The highest BCUT2D eigenvalue weighted by Gasteiger charge is 2.43. The Bertz CT molecular complexity index is 1840. The first-order chi connectivity index (χ1) is 23.6. The van der Waals surface area contributed by atoms with Crippen molar-refractivity contribution in [3.63, 3.8) is 0 Å². The van der Waals surface area contributed by atoms with Crippen LogP contribution < -0.4 is 4.62 Å². The van der Waals surface area contributed by atoms with Crippen molar-refractivity contribution in [1.82, 2.24) is 0 Å². The Labute approximate surface area is 325 Å². The molecule has 0 N–H and O–H groups in total. The summed E-state index contributed by atoms with van der Waals surface area (Å²) >= 11 is 1.98. The van der Waals surface area contributed by atoms with Crippen LogP contribution in [0.15, 0.2) is 72.1 Å². The van der Waals surface area contributed by atoms with Gasteiger partial charge in [0.1, 0.15) is 0 Å². The Morgan fingerprint density at radius 3 is 1.10 bits per heavy atom. The molecule has 1 aliphatic rings. The number of hydrogen-bond acceptors (Lipinski definition) is 1. The molecule has 280 valence electrons. The molecule has 3 aromatic carbocycles. The summed E-state index contributed by atoms with van der Waals surface area (Å²) in [6, 6.07) is 26.6. The smallest absolute Gasteiger partial charge is 0.0375 e. The van der Waals surface area contributed by atoms with Gasteiger partial charge in [0.2, 0.25) is 0 Å². The van der Waals surface area contributed by atoms with E-state index in [0.717, 1.165) is 6.16 Å². The highest BCUT2D eigenvalue weighted by molar-refractivity contribution is 8.19. The summed E-state index contributed by atoms with van der Waals surface area (Å²) < 4.78 is 1.55. The molecule has 3 heteroatoms. The van der Waals surface area contributed by atoms with Crippen LogP contribution in [0, 0.1) is 0 Å². The van der Waals surface area contributed by atoms with Crippen LogP contribution in [0.25, 0.3) is 0 Å². The van der Waals surface area contributed by atoms with Gasteiger partial charge in [0, 0.05) is 28.8 Å². The zero-order chi connectivity index (χ0) is 39.0. The third-order valence-corrected chi connectivity index (χ3v) is 18.8. The van der Waals surface area contributed by atoms with Crippen LogP contribution in [0.5, 0.6) is 0 Å². The summed E-state index contributed by atoms with van der Waals surface area (Å²) in [7, 11) is -1.38. The minimum Gasteiger partial charge on any atom is -0.143 e. The zero-order valence-corrected chi connectivity index (χ0v) is 38.5. The molecule has 0 radical (unpaired) electrons. The predicted molar refractivity (Wildman–Crippen MR) is 241 cm³/mol. The fraction of sp³-hybridized carbons (Fsp3) is 0.510. The van der Waals surface area contributed by atoms with E-state index in [1.54, 1.807) is 25.8 Å². The molecule has 5 rings (SSSR count). The molecule has 0 saturated carbocycles. The number of hydrogen-bond donors (Lipinski definition) is 0. The first-order valence-electron chi connectivity index (χ1n) is 19.4. The number of rotatable bonds is 5. The lowest BCUT2D eigenvalue weighted by Crippen LogP contribution is -2.33. The highest BCUT2D eigenvalue weighted by Crippen LogP contribution is 2.64. The minimum atomic E-state index is -0.719. The van der Waals surface area contributed by atoms with Gasteiger partial charge in [-0.25, -0.2) is 0 Å². The van der Waals surface area contributed by atoms with Crippen LogP contribution in [0.3, 0.4) is 0 Å². The fourth-order valence-corrected chi connectivity index (χ4v) is 16.8. The summed E-state index contributed by atoms with van der Waals surface area (Å²) in [5, 5.41) is 5.82. The molecule has 0 spiro atoms. The first-order valence-corrected chi connectivity index (χ1v) is 23.2. The molecule has 0 bridgehead atoms. The first kappa shape index (κ1) is 41.0. The van der Waals surface area contributed by atoms with Gasteiger partial charge >= 0.3 is 0 Å². The van der Waals surface area contributed by atoms with Crippen molar-refractivity contribution in [1.29, 1.82) is 0 Å². The maximum Gasteiger partial charge on any atom is 0.0375 e. The van der Waals surface area contributed by atoms with Gasteiger partial charge in [0.15, 0.2) is 0 Å². The second-order valence-electron chi connectivity index (χ2n) is 21.4. The summed E-state index contributed by atoms with van der Waals surface area (Å²) in [5.74, 6) is 0. The lowest BCUT2D eigenvalue weighted by Gasteiger charge is -2.43. The third kappa shape index (κ3) is 8.24. The van der Waals surface area contributed by atoms with E-state index in [-0.39, 0.29) is 32.5 Å². The summed E-state index contributed by atoms with van der Waals surface area (Å²) in [5.41, 5.74) is 13.7. The van der Waals surface area contributed by atoms with Crippen molar-refractivity contribution in [3.05, 3.63) is 122 Å². The number of benzene rings is 3. The Morgan fingerprint density at radius 2 is 0.808 bits per heavy atom. The van der Waals surface area contributed by atoms with E-state index in [9.17, 15) is 0 Å². The predicted octanol–water partition coefficient (Wildman–Crippen LogP) is 14.7. The van der Waals surface area contributed by atoms with E-state index in [1.807, 2.05) is 11.3 Å². The maximum atomic E-state index is 2.60. The second kappa shape index (κ2) is 13.8. The molecular formula is C49H68P2S. The van der Waals surface area contributed by atoms with E-state index in [4.69, 9.17) is 0 Å². The molecular weight excluding hydrogens is 683 g/mol. The fourth-order valence-electron chi connectivity index (χ4n) is 7.41. The molecule has 0 nitrogen and oxygen atoms in total. The van der Waals surface area contributed by atoms with E-state index in [0.29, 0.717) is 0 Å². The molecule has 0 atom stereocenters. The van der Waals surface area contributed by atoms with Gasteiger partial charge in [-0.3, -0.25) is 0 Å². The van der Waals surface area contributed by atoms with Crippen LogP contribution in [0.1, 0.15) is 175 Å². The number of thiophene rings is 1.